The van der Waals surface area contributed by atoms with Gasteiger partial charge in [0.25, 0.3) is 0 Å². The summed E-state index contributed by atoms with van der Waals surface area (Å²) < 4.78 is 21.5. The maximum atomic E-state index is 15.0. The van der Waals surface area contributed by atoms with Gasteiger partial charge in [-0.25, -0.2) is 19.0 Å². The molecule has 0 spiro atoms. The molecule has 10 heteroatoms. The summed E-state index contributed by atoms with van der Waals surface area (Å²) in [5.74, 6) is -2.16. The first-order valence-corrected chi connectivity index (χ1v) is 12.6. The fourth-order valence-electron chi connectivity index (χ4n) is 3.97. The molecule has 8 nitrogen and oxygen atoms in total. The number of aromatic nitrogens is 1. The van der Waals surface area contributed by atoms with Crippen LogP contribution in [-0.2, 0) is 6.54 Å². The number of benzene rings is 2. The van der Waals surface area contributed by atoms with Crippen molar-refractivity contribution in [2.45, 2.75) is 45.7 Å². The smallest absolute Gasteiger partial charge is 0.343 e. The van der Waals surface area contributed by atoms with Gasteiger partial charge in [0.05, 0.1) is 16.8 Å². The predicted octanol–water partition coefficient (Wildman–Crippen LogP) is 5.76. The van der Waals surface area contributed by atoms with Crippen LogP contribution in [0.4, 0.5) is 20.7 Å². The third kappa shape index (κ3) is 5.70. The van der Waals surface area contributed by atoms with Gasteiger partial charge in [0, 0.05) is 29.7 Å². The van der Waals surface area contributed by atoms with Crippen molar-refractivity contribution in [3.63, 3.8) is 0 Å². The quantitative estimate of drug-likeness (QED) is 0.203. The van der Waals surface area contributed by atoms with Crippen LogP contribution in [0.25, 0.3) is 0 Å². The monoisotopic (exact) mass is 568 g/mol. The van der Waals surface area contributed by atoms with Crippen LogP contribution in [0, 0.1) is 12.7 Å². The van der Waals surface area contributed by atoms with Crippen LogP contribution in [0.1, 0.15) is 58.0 Å². The lowest BCUT2D eigenvalue weighted by atomic mass is 10.0. The Bertz CT molecular complexity index is 1360. The highest BCUT2D eigenvalue weighted by molar-refractivity contribution is 9.10. The summed E-state index contributed by atoms with van der Waals surface area (Å²) in [6.45, 7) is 3.54. The molecule has 192 valence electrons. The van der Waals surface area contributed by atoms with E-state index in [9.17, 15) is 14.4 Å². The Kier molecular flexibility index (Phi) is 7.99. The molecule has 1 heterocycles. The number of pyridine rings is 1. The molecule has 0 bridgehead atoms. The molecule has 2 amide bonds. The van der Waals surface area contributed by atoms with E-state index in [1.165, 1.54) is 17.2 Å². The molecule has 0 unspecified atom stereocenters. The molecule has 1 aliphatic rings. The van der Waals surface area contributed by atoms with Gasteiger partial charge >= 0.3 is 12.0 Å². The minimum atomic E-state index is -0.837. The second-order valence-corrected chi connectivity index (χ2v) is 9.54. The fourth-order valence-corrected chi connectivity index (χ4v) is 4.21. The van der Waals surface area contributed by atoms with Crippen LogP contribution in [-0.4, -0.2) is 28.8 Å². The Morgan fingerprint density at radius 3 is 2.57 bits per heavy atom. The SMILES string of the molecule is CCC(=O)c1c(F)ccc(N(C(=O)Nc2ccc(Br)cn2)C2CC2)c1OC(=O)c1cccc(CN)c1C. The molecule has 2 aromatic carbocycles. The Balaban J connectivity index is 1.78. The fraction of sp³-hybridized carbons (Fsp3) is 0.259. The molecule has 0 aliphatic heterocycles. The first-order chi connectivity index (χ1) is 17.7. The molecule has 1 saturated carbocycles. The van der Waals surface area contributed by atoms with Crippen LogP contribution in [0.2, 0.25) is 0 Å². The molecular weight excluding hydrogens is 543 g/mol. The summed E-state index contributed by atoms with van der Waals surface area (Å²) in [5, 5.41) is 2.72. The van der Waals surface area contributed by atoms with Crippen molar-refractivity contribution >= 4 is 45.2 Å². The van der Waals surface area contributed by atoms with Crippen molar-refractivity contribution in [2.24, 2.45) is 5.73 Å². The van der Waals surface area contributed by atoms with Gasteiger partial charge in [-0.3, -0.25) is 15.0 Å². The molecule has 4 rings (SSSR count). The normalized spacial score (nSPS) is 12.7. The zero-order chi connectivity index (χ0) is 26.7. The summed E-state index contributed by atoms with van der Waals surface area (Å²) in [6.07, 6.45) is 2.91. The number of carbonyl (C=O) groups is 3. The molecule has 3 aromatic rings. The van der Waals surface area contributed by atoms with Gasteiger partial charge in [0.15, 0.2) is 11.5 Å². The summed E-state index contributed by atoms with van der Waals surface area (Å²) in [7, 11) is 0. The number of rotatable bonds is 8. The van der Waals surface area contributed by atoms with E-state index in [-0.39, 0.29) is 41.6 Å². The molecule has 0 saturated heterocycles. The number of esters is 1. The molecule has 1 fully saturated rings. The van der Waals surface area contributed by atoms with Crippen LogP contribution in [0.5, 0.6) is 5.75 Å². The zero-order valence-electron chi connectivity index (χ0n) is 20.4. The second-order valence-electron chi connectivity index (χ2n) is 8.62. The molecule has 3 N–H and O–H groups in total. The number of nitrogens with two attached hydrogens (primary N) is 1. The molecule has 37 heavy (non-hydrogen) atoms. The lowest BCUT2D eigenvalue weighted by Gasteiger charge is -2.26. The number of Topliss-reactive ketones (excluding diaryl/α,β-unsaturated/α-hetero) is 1. The topological polar surface area (TPSA) is 115 Å². The van der Waals surface area contributed by atoms with Gasteiger partial charge in [0.2, 0.25) is 0 Å². The molecule has 0 radical (unpaired) electrons. The lowest BCUT2D eigenvalue weighted by molar-refractivity contribution is 0.0731. The van der Waals surface area contributed by atoms with Crippen molar-refractivity contribution in [2.75, 3.05) is 10.2 Å². The van der Waals surface area contributed by atoms with E-state index in [0.717, 1.165) is 16.1 Å². The number of hydrogen-bond donors (Lipinski definition) is 2. The largest absolute Gasteiger partial charge is 0.420 e. The number of urea groups is 1. The summed E-state index contributed by atoms with van der Waals surface area (Å²) >= 11 is 3.30. The number of halogens is 2. The van der Waals surface area contributed by atoms with Gasteiger partial charge < -0.3 is 10.5 Å². The number of ketones is 1. The van der Waals surface area contributed by atoms with E-state index < -0.39 is 23.6 Å². The zero-order valence-corrected chi connectivity index (χ0v) is 22.0. The van der Waals surface area contributed by atoms with Crippen molar-refractivity contribution < 1.29 is 23.5 Å². The maximum Gasteiger partial charge on any atom is 0.343 e. The highest BCUT2D eigenvalue weighted by atomic mass is 79.9. The van der Waals surface area contributed by atoms with Crippen LogP contribution in [0.15, 0.2) is 53.1 Å². The molecular formula is C27H26BrFN4O4. The van der Waals surface area contributed by atoms with E-state index >= 15 is 4.39 Å². The number of ether oxygens (including phenoxy) is 1. The second kappa shape index (κ2) is 11.2. The lowest BCUT2D eigenvalue weighted by Crippen LogP contribution is -2.37. The minimum Gasteiger partial charge on any atom is -0.420 e. The highest BCUT2D eigenvalue weighted by Crippen LogP contribution is 2.41. The molecule has 1 aliphatic carbocycles. The molecule has 0 atom stereocenters. The average Bonchev–Trinajstić information content (AvgIpc) is 3.72. The maximum absolute atomic E-state index is 15.0. The number of hydrogen-bond acceptors (Lipinski definition) is 6. The van der Waals surface area contributed by atoms with E-state index in [4.69, 9.17) is 10.5 Å². The summed E-state index contributed by atoms with van der Waals surface area (Å²) in [5.41, 5.74) is 7.13. The van der Waals surface area contributed by atoms with Crippen LogP contribution >= 0.6 is 15.9 Å². The third-order valence-electron chi connectivity index (χ3n) is 6.12. The van der Waals surface area contributed by atoms with Crippen molar-refractivity contribution in [1.82, 2.24) is 4.98 Å². The highest BCUT2D eigenvalue weighted by Gasteiger charge is 2.38. The van der Waals surface area contributed by atoms with Crippen molar-refractivity contribution in [3.05, 3.63) is 81.2 Å². The number of nitrogens with zero attached hydrogens (tertiary/aromatic N) is 2. The van der Waals surface area contributed by atoms with Crippen molar-refractivity contribution in [3.8, 4) is 5.75 Å². The average molecular weight is 569 g/mol. The minimum absolute atomic E-state index is 0.0228. The number of carbonyl (C=O) groups excluding carboxylic acids is 3. The Labute approximate surface area is 222 Å². The van der Waals surface area contributed by atoms with Gasteiger partial charge in [-0.15, -0.1) is 0 Å². The van der Waals surface area contributed by atoms with Crippen LogP contribution in [0.3, 0.4) is 0 Å². The standard InChI is InChI=1S/C27H26BrFN4O4/c1-3-22(34)24-20(29)10-11-21(25(24)37-26(35)19-6-4-5-16(13-30)15(19)2)33(18-8-9-18)27(36)32-23-12-7-17(28)14-31-23/h4-7,10-12,14,18H,3,8-9,13,30H2,1-2H3,(H,31,32,36). The van der Waals surface area contributed by atoms with Crippen molar-refractivity contribution in [1.29, 1.82) is 0 Å². The van der Waals surface area contributed by atoms with Gasteiger partial charge in [0.1, 0.15) is 11.6 Å². The summed E-state index contributed by atoms with van der Waals surface area (Å²) in [4.78, 5) is 45.1. The predicted molar refractivity (Wildman–Crippen MR) is 142 cm³/mol. The Morgan fingerprint density at radius 2 is 1.95 bits per heavy atom. The van der Waals surface area contributed by atoms with E-state index in [1.54, 1.807) is 44.2 Å². The Morgan fingerprint density at radius 1 is 1.19 bits per heavy atom. The van der Waals surface area contributed by atoms with Gasteiger partial charge in [-0.2, -0.15) is 0 Å². The number of amides is 2. The Hall–Kier alpha value is -3.63. The van der Waals surface area contributed by atoms with E-state index in [2.05, 4.69) is 26.2 Å². The van der Waals surface area contributed by atoms with E-state index in [1.807, 2.05) is 0 Å². The van der Waals surface area contributed by atoms with Crippen LogP contribution < -0.4 is 20.7 Å². The summed E-state index contributed by atoms with van der Waals surface area (Å²) in [6, 6.07) is 10.1. The number of nitrogens with one attached hydrogen (secondary N) is 1. The van der Waals surface area contributed by atoms with E-state index in [0.29, 0.717) is 24.2 Å². The first kappa shape index (κ1) is 26.4. The molecule has 1 aromatic heterocycles. The first-order valence-electron chi connectivity index (χ1n) is 11.8. The van der Waals surface area contributed by atoms with Gasteiger partial charge in [-0.05, 0) is 77.2 Å². The van der Waals surface area contributed by atoms with Gasteiger partial charge in [-0.1, -0.05) is 19.1 Å². The number of anilines is 2. The third-order valence-corrected chi connectivity index (χ3v) is 6.59.